The predicted molar refractivity (Wildman–Crippen MR) is 108 cm³/mol. The van der Waals surface area contributed by atoms with Crippen molar-refractivity contribution in [3.63, 3.8) is 0 Å². The Bertz CT molecular complexity index is 818. The van der Waals surface area contributed by atoms with Crippen LogP contribution in [0.4, 0.5) is 18.9 Å². The van der Waals surface area contributed by atoms with E-state index < -0.39 is 18.7 Å². The Kier molecular flexibility index (Phi) is 7.28. The second-order valence-electron chi connectivity index (χ2n) is 7.15. The van der Waals surface area contributed by atoms with Crippen LogP contribution in [0.1, 0.15) is 22.8 Å². The molecule has 9 heteroatoms. The van der Waals surface area contributed by atoms with Gasteiger partial charge in [-0.05, 0) is 30.3 Å². The lowest BCUT2D eigenvalue weighted by Gasteiger charge is -2.34. The van der Waals surface area contributed by atoms with Gasteiger partial charge in [0.25, 0.3) is 5.91 Å². The fraction of sp³-hybridized carbons (Fsp3) is 0.429. The molecule has 0 aliphatic carbocycles. The van der Waals surface area contributed by atoms with Gasteiger partial charge in [0, 0.05) is 50.7 Å². The van der Waals surface area contributed by atoms with Crippen LogP contribution in [0.5, 0.6) is 5.88 Å². The summed E-state index contributed by atoms with van der Waals surface area (Å²) in [6.07, 6.45) is -3.25. The van der Waals surface area contributed by atoms with Crippen LogP contribution < -0.4 is 10.1 Å². The van der Waals surface area contributed by atoms with Crippen LogP contribution in [0, 0.1) is 0 Å². The van der Waals surface area contributed by atoms with Crippen LogP contribution in [-0.4, -0.2) is 66.2 Å². The number of carbonyl (C=O) groups excluding carboxylic acids is 1. The van der Waals surface area contributed by atoms with Crippen molar-refractivity contribution in [2.45, 2.75) is 19.6 Å². The number of rotatable bonds is 7. The number of benzene rings is 1. The van der Waals surface area contributed by atoms with Gasteiger partial charge in [0.1, 0.15) is 0 Å². The summed E-state index contributed by atoms with van der Waals surface area (Å²) in [6.45, 7) is 6.96. The molecule has 0 saturated carbocycles. The Morgan fingerprint density at radius 3 is 2.30 bits per heavy atom. The molecule has 6 nitrogen and oxygen atoms in total. The van der Waals surface area contributed by atoms with Crippen molar-refractivity contribution in [2.24, 2.45) is 0 Å². The average molecular weight is 422 g/mol. The number of ether oxygens (including phenoxy) is 1. The molecule has 0 atom stereocenters. The molecule has 2 heterocycles. The first-order chi connectivity index (χ1) is 14.3. The summed E-state index contributed by atoms with van der Waals surface area (Å²) < 4.78 is 41.0. The van der Waals surface area contributed by atoms with Gasteiger partial charge in [-0.3, -0.25) is 9.69 Å². The van der Waals surface area contributed by atoms with Gasteiger partial charge in [0.15, 0.2) is 6.61 Å². The van der Waals surface area contributed by atoms with E-state index >= 15 is 0 Å². The fourth-order valence-corrected chi connectivity index (χ4v) is 3.17. The highest BCUT2D eigenvalue weighted by Gasteiger charge is 2.28. The second kappa shape index (κ2) is 9.90. The number of halogens is 3. The van der Waals surface area contributed by atoms with Gasteiger partial charge in [-0.25, -0.2) is 4.98 Å². The number of piperazine rings is 1. The van der Waals surface area contributed by atoms with Crippen molar-refractivity contribution in [2.75, 3.05) is 44.6 Å². The molecule has 3 rings (SSSR count). The highest BCUT2D eigenvalue weighted by atomic mass is 19.4. The lowest BCUT2D eigenvalue weighted by Crippen LogP contribution is -2.45. The van der Waals surface area contributed by atoms with E-state index in [1.807, 2.05) is 24.3 Å². The van der Waals surface area contributed by atoms with E-state index in [1.54, 1.807) is 0 Å². The summed E-state index contributed by atoms with van der Waals surface area (Å²) in [6, 6.07) is 10.2. The lowest BCUT2D eigenvalue weighted by atomic mass is 10.1. The maximum Gasteiger partial charge on any atom is 0.422 e. The molecule has 1 aliphatic rings. The van der Waals surface area contributed by atoms with Crippen LogP contribution in [0.15, 0.2) is 42.6 Å². The second-order valence-corrected chi connectivity index (χ2v) is 7.15. The van der Waals surface area contributed by atoms with Gasteiger partial charge in [-0.15, -0.1) is 0 Å². The van der Waals surface area contributed by atoms with E-state index in [-0.39, 0.29) is 11.4 Å². The first-order valence-electron chi connectivity index (χ1n) is 9.83. The molecular formula is C21H25F3N4O2. The maximum absolute atomic E-state index is 12.3. The Hall–Kier alpha value is -2.65. The molecular weight excluding hydrogens is 397 g/mol. The third kappa shape index (κ3) is 6.70. The maximum atomic E-state index is 12.3. The van der Waals surface area contributed by atoms with Crippen LogP contribution in [0.25, 0.3) is 0 Å². The van der Waals surface area contributed by atoms with E-state index in [4.69, 9.17) is 0 Å². The zero-order valence-electron chi connectivity index (χ0n) is 16.8. The third-order valence-corrected chi connectivity index (χ3v) is 4.91. The standard InChI is InChI=1S/C21H25F3N4O2/c1-2-27-9-11-28(12-10-27)14-16-3-6-18(7-4-16)26-20(29)17-5-8-19(25-13-17)30-15-21(22,23)24/h3-8,13H,2,9-12,14-15H2,1H3,(H,26,29). The topological polar surface area (TPSA) is 57.7 Å². The van der Waals surface area contributed by atoms with E-state index in [1.165, 1.54) is 23.9 Å². The highest BCUT2D eigenvalue weighted by Crippen LogP contribution is 2.18. The first-order valence-corrected chi connectivity index (χ1v) is 9.83. The SMILES string of the molecule is CCN1CCN(Cc2ccc(NC(=O)c3ccc(OCC(F)(F)F)nc3)cc2)CC1. The van der Waals surface area contributed by atoms with Gasteiger partial charge in [-0.2, -0.15) is 13.2 Å². The molecule has 1 aromatic heterocycles. The zero-order chi connectivity index (χ0) is 21.6. The number of hydrogen-bond donors (Lipinski definition) is 1. The van der Waals surface area contributed by atoms with Crippen molar-refractivity contribution in [1.29, 1.82) is 0 Å². The molecule has 2 aromatic rings. The number of amides is 1. The van der Waals surface area contributed by atoms with Gasteiger partial charge < -0.3 is 15.0 Å². The molecule has 1 aromatic carbocycles. The van der Waals surface area contributed by atoms with Gasteiger partial charge in [-0.1, -0.05) is 19.1 Å². The van der Waals surface area contributed by atoms with Crippen LogP contribution in [-0.2, 0) is 6.54 Å². The van der Waals surface area contributed by atoms with Crippen molar-refractivity contribution in [1.82, 2.24) is 14.8 Å². The summed E-state index contributed by atoms with van der Waals surface area (Å²) >= 11 is 0. The smallest absolute Gasteiger partial charge is 0.422 e. The fourth-order valence-electron chi connectivity index (χ4n) is 3.17. The summed E-state index contributed by atoms with van der Waals surface area (Å²) in [5, 5.41) is 2.76. The molecule has 30 heavy (non-hydrogen) atoms. The van der Waals surface area contributed by atoms with Crippen LogP contribution in [0.2, 0.25) is 0 Å². The predicted octanol–water partition coefficient (Wildman–Crippen LogP) is 3.41. The molecule has 0 unspecified atom stereocenters. The Balaban J connectivity index is 1.49. The minimum Gasteiger partial charge on any atom is -0.468 e. The lowest BCUT2D eigenvalue weighted by molar-refractivity contribution is -0.154. The van der Waals surface area contributed by atoms with E-state index in [0.717, 1.165) is 39.3 Å². The Labute approximate surface area is 173 Å². The van der Waals surface area contributed by atoms with Gasteiger partial charge in [0.05, 0.1) is 5.56 Å². The summed E-state index contributed by atoms with van der Waals surface area (Å²) in [5.41, 5.74) is 2.04. The number of aromatic nitrogens is 1. The largest absolute Gasteiger partial charge is 0.468 e. The summed E-state index contributed by atoms with van der Waals surface area (Å²) in [5.74, 6) is -0.582. The molecule has 162 valence electrons. The molecule has 1 aliphatic heterocycles. The average Bonchev–Trinajstić information content (AvgIpc) is 2.74. The van der Waals surface area contributed by atoms with Crippen molar-refractivity contribution in [3.8, 4) is 5.88 Å². The third-order valence-electron chi connectivity index (χ3n) is 4.91. The van der Waals surface area contributed by atoms with Crippen molar-refractivity contribution >= 4 is 11.6 Å². The van der Waals surface area contributed by atoms with E-state index in [9.17, 15) is 18.0 Å². The molecule has 0 spiro atoms. The van der Waals surface area contributed by atoms with Crippen molar-refractivity contribution in [3.05, 3.63) is 53.7 Å². The number of likely N-dealkylation sites (N-methyl/N-ethyl adjacent to an activating group) is 1. The zero-order valence-corrected chi connectivity index (χ0v) is 16.8. The molecule has 1 amide bonds. The van der Waals surface area contributed by atoms with Crippen LogP contribution in [0.3, 0.4) is 0 Å². The summed E-state index contributed by atoms with van der Waals surface area (Å²) in [4.78, 5) is 20.9. The first kappa shape index (κ1) is 22.0. The minimum atomic E-state index is -4.44. The normalized spacial score (nSPS) is 15.7. The van der Waals surface area contributed by atoms with E-state index in [2.05, 4.69) is 31.8 Å². The van der Waals surface area contributed by atoms with Crippen LogP contribution >= 0.6 is 0 Å². The number of nitrogens with one attached hydrogen (secondary N) is 1. The molecule has 0 bridgehead atoms. The van der Waals surface area contributed by atoms with Crippen molar-refractivity contribution < 1.29 is 22.7 Å². The number of nitrogens with zero attached hydrogens (tertiary/aromatic N) is 3. The Morgan fingerprint density at radius 2 is 1.73 bits per heavy atom. The minimum absolute atomic E-state index is 0.187. The van der Waals surface area contributed by atoms with Gasteiger partial charge in [0.2, 0.25) is 5.88 Å². The molecule has 0 radical (unpaired) electrons. The Morgan fingerprint density at radius 1 is 1.07 bits per heavy atom. The molecule has 1 fully saturated rings. The number of carbonyl (C=O) groups is 1. The number of alkyl halides is 3. The monoisotopic (exact) mass is 422 g/mol. The highest BCUT2D eigenvalue weighted by molar-refractivity contribution is 6.04. The number of hydrogen-bond acceptors (Lipinski definition) is 5. The molecule has 1 N–H and O–H groups in total. The quantitative estimate of drug-likeness (QED) is 0.741. The van der Waals surface area contributed by atoms with E-state index in [0.29, 0.717) is 5.69 Å². The van der Waals surface area contributed by atoms with Gasteiger partial charge >= 0.3 is 6.18 Å². The molecule has 1 saturated heterocycles. The number of pyridine rings is 1. The number of anilines is 1. The summed E-state index contributed by atoms with van der Waals surface area (Å²) in [7, 11) is 0.